The molecule has 1 aromatic carbocycles. The van der Waals surface area contributed by atoms with Crippen molar-refractivity contribution >= 4 is 17.8 Å². The Bertz CT molecular complexity index is 524. The molecule has 0 heterocycles. The number of benzene rings is 1. The molecule has 0 saturated heterocycles. The standard InChI is InChI=1S/C13H12F2O4.CH4/c1-8(16)11(13(17)19-7-18-2)5-9-3-4-10(14)6-12(9)15;/h3-6H,7H2,1-2H3;1H4. The van der Waals surface area contributed by atoms with Gasteiger partial charge in [-0.15, -0.1) is 0 Å². The fourth-order valence-corrected chi connectivity index (χ4v) is 1.27. The van der Waals surface area contributed by atoms with Crippen LogP contribution >= 0.6 is 0 Å². The number of ether oxygens (including phenoxy) is 2. The monoisotopic (exact) mass is 286 g/mol. The Morgan fingerprint density at radius 3 is 2.45 bits per heavy atom. The van der Waals surface area contributed by atoms with Crippen molar-refractivity contribution in [2.24, 2.45) is 0 Å². The van der Waals surface area contributed by atoms with Crippen LogP contribution in [0.3, 0.4) is 0 Å². The fourth-order valence-electron chi connectivity index (χ4n) is 1.27. The molecule has 0 aliphatic rings. The summed E-state index contributed by atoms with van der Waals surface area (Å²) in [5, 5.41) is 0. The Hall–Kier alpha value is -2.08. The van der Waals surface area contributed by atoms with Crippen LogP contribution in [0.25, 0.3) is 6.08 Å². The molecule has 4 nitrogen and oxygen atoms in total. The molecule has 0 atom stereocenters. The fraction of sp³-hybridized carbons (Fsp3) is 0.286. The van der Waals surface area contributed by atoms with Gasteiger partial charge in [0, 0.05) is 18.7 Å². The molecule has 110 valence electrons. The van der Waals surface area contributed by atoms with E-state index < -0.39 is 23.4 Å². The minimum atomic E-state index is -0.932. The van der Waals surface area contributed by atoms with Gasteiger partial charge in [-0.05, 0) is 25.1 Å². The number of rotatable bonds is 5. The number of hydrogen-bond donors (Lipinski definition) is 0. The highest BCUT2D eigenvalue weighted by Gasteiger charge is 2.17. The topological polar surface area (TPSA) is 52.6 Å². The molecule has 1 aromatic rings. The summed E-state index contributed by atoms with van der Waals surface area (Å²) in [7, 11) is 1.31. The molecule has 0 unspecified atom stereocenters. The van der Waals surface area contributed by atoms with Crippen LogP contribution in [0.2, 0.25) is 0 Å². The van der Waals surface area contributed by atoms with Gasteiger partial charge in [-0.2, -0.15) is 0 Å². The molecular weight excluding hydrogens is 270 g/mol. The number of ketones is 1. The molecule has 0 aliphatic heterocycles. The first kappa shape index (κ1) is 17.9. The molecule has 20 heavy (non-hydrogen) atoms. The van der Waals surface area contributed by atoms with Crippen LogP contribution in [0.5, 0.6) is 0 Å². The van der Waals surface area contributed by atoms with Gasteiger partial charge in [0.2, 0.25) is 0 Å². The predicted molar refractivity (Wildman–Crippen MR) is 69.7 cm³/mol. The van der Waals surface area contributed by atoms with Gasteiger partial charge in [0.05, 0.1) is 0 Å². The van der Waals surface area contributed by atoms with E-state index in [1.165, 1.54) is 7.11 Å². The average Bonchev–Trinajstić information content (AvgIpc) is 2.34. The zero-order valence-electron chi connectivity index (χ0n) is 10.4. The molecule has 0 amide bonds. The van der Waals surface area contributed by atoms with Crippen molar-refractivity contribution in [1.82, 2.24) is 0 Å². The zero-order valence-corrected chi connectivity index (χ0v) is 10.4. The molecule has 0 aliphatic carbocycles. The summed E-state index contributed by atoms with van der Waals surface area (Å²) < 4.78 is 35.3. The Labute approximate surface area is 116 Å². The summed E-state index contributed by atoms with van der Waals surface area (Å²) in [5.41, 5.74) is -0.427. The second-order valence-corrected chi connectivity index (χ2v) is 3.62. The van der Waals surface area contributed by atoms with Crippen LogP contribution in [0.1, 0.15) is 19.9 Å². The summed E-state index contributed by atoms with van der Waals surface area (Å²) in [6.45, 7) is 0.816. The summed E-state index contributed by atoms with van der Waals surface area (Å²) in [6.07, 6.45) is 1.01. The summed E-state index contributed by atoms with van der Waals surface area (Å²) in [6, 6.07) is 2.80. The molecule has 0 spiro atoms. The maximum Gasteiger partial charge on any atom is 0.343 e. The first-order chi connectivity index (χ1) is 8.95. The van der Waals surface area contributed by atoms with Crippen molar-refractivity contribution in [2.45, 2.75) is 14.4 Å². The van der Waals surface area contributed by atoms with E-state index in [4.69, 9.17) is 0 Å². The van der Waals surface area contributed by atoms with Crippen LogP contribution in [-0.4, -0.2) is 25.7 Å². The summed E-state index contributed by atoms with van der Waals surface area (Å²) >= 11 is 0. The Kier molecular flexibility index (Phi) is 7.31. The van der Waals surface area contributed by atoms with Gasteiger partial charge in [-0.3, -0.25) is 4.79 Å². The van der Waals surface area contributed by atoms with Gasteiger partial charge >= 0.3 is 5.97 Å². The number of esters is 1. The average molecular weight is 286 g/mol. The first-order valence-electron chi connectivity index (χ1n) is 5.29. The van der Waals surface area contributed by atoms with Crippen LogP contribution in [0, 0.1) is 11.6 Å². The number of carbonyl (C=O) groups excluding carboxylic acids is 2. The predicted octanol–water partition coefficient (Wildman–Crippen LogP) is 2.72. The molecule has 0 saturated carbocycles. The van der Waals surface area contributed by atoms with Crippen LogP contribution in [0.4, 0.5) is 8.78 Å². The van der Waals surface area contributed by atoms with Crippen molar-refractivity contribution in [3.05, 3.63) is 41.0 Å². The largest absolute Gasteiger partial charge is 0.435 e. The van der Waals surface area contributed by atoms with Crippen molar-refractivity contribution in [3.8, 4) is 0 Å². The van der Waals surface area contributed by atoms with E-state index >= 15 is 0 Å². The van der Waals surface area contributed by atoms with E-state index in [-0.39, 0.29) is 25.4 Å². The molecular formula is C14H16F2O4. The number of carbonyl (C=O) groups is 2. The van der Waals surface area contributed by atoms with Crippen molar-refractivity contribution < 1.29 is 27.8 Å². The second kappa shape index (κ2) is 8.16. The summed E-state index contributed by atoms with van der Waals surface area (Å²) in [5.74, 6) is -3.15. The Morgan fingerprint density at radius 1 is 1.30 bits per heavy atom. The first-order valence-corrected chi connectivity index (χ1v) is 5.29. The minimum absolute atomic E-state index is 0. The molecule has 6 heteroatoms. The SMILES string of the molecule is C.COCOC(=O)C(=Cc1ccc(F)cc1F)C(C)=O. The van der Waals surface area contributed by atoms with Gasteiger partial charge in [0.1, 0.15) is 17.2 Å². The van der Waals surface area contributed by atoms with E-state index in [0.29, 0.717) is 6.07 Å². The highest BCUT2D eigenvalue weighted by Crippen LogP contribution is 2.15. The lowest BCUT2D eigenvalue weighted by molar-refractivity contribution is -0.149. The maximum atomic E-state index is 13.4. The maximum absolute atomic E-state index is 13.4. The normalized spacial score (nSPS) is 10.7. The molecule has 0 radical (unpaired) electrons. The number of methoxy groups -OCH3 is 1. The highest BCUT2D eigenvalue weighted by molar-refractivity contribution is 6.19. The van der Waals surface area contributed by atoms with E-state index in [1.54, 1.807) is 0 Å². The van der Waals surface area contributed by atoms with E-state index in [0.717, 1.165) is 25.1 Å². The number of halogens is 2. The van der Waals surface area contributed by atoms with Crippen LogP contribution in [-0.2, 0) is 19.1 Å². The third kappa shape index (κ3) is 4.89. The molecule has 0 bridgehead atoms. The van der Waals surface area contributed by atoms with E-state index in [9.17, 15) is 18.4 Å². The number of Topliss-reactive ketones (excluding diaryl/α,β-unsaturated/α-hetero) is 1. The lowest BCUT2D eigenvalue weighted by atomic mass is 10.1. The third-order valence-corrected chi connectivity index (χ3v) is 2.17. The third-order valence-electron chi connectivity index (χ3n) is 2.17. The highest BCUT2D eigenvalue weighted by atomic mass is 19.1. The van der Waals surface area contributed by atoms with Crippen LogP contribution < -0.4 is 0 Å². The molecule has 0 aromatic heterocycles. The van der Waals surface area contributed by atoms with E-state index in [2.05, 4.69) is 9.47 Å². The van der Waals surface area contributed by atoms with Crippen molar-refractivity contribution in [1.29, 1.82) is 0 Å². The van der Waals surface area contributed by atoms with Gasteiger partial charge < -0.3 is 9.47 Å². The van der Waals surface area contributed by atoms with Crippen LogP contribution in [0.15, 0.2) is 23.8 Å². The smallest absolute Gasteiger partial charge is 0.343 e. The lowest BCUT2D eigenvalue weighted by Gasteiger charge is -2.05. The quantitative estimate of drug-likeness (QED) is 0.274. The zero-order chi connectivity index (χ0) is 14.4. The van der Waals surface area contributed by atoms with Gasteiger partial charge in [0.25, 0.3) is 0 Å². The molecule has 0 fully saturated rings. The van der Waals surface area contributed by atoms with Gasteiger partial charge in [-0.1, -0.05) is 7.43 Å². The van der Waals surface area contributed by atoms with Crippen molar-refractivity contribution in [2.75, 3.05) is 13.9 Å². The Morgan fingerprint density at radius 2 is 1.95 bits per heavy atom. The molecule has 0 N–H and O–H groups in total. The van der Waals surface area contributed by atoms with Crippen molar-refractivity contribution in [3.63, 3.8) is 0 Å². The van der Waals surface area contributed by atoms with Gasteiger partial charge in [0.15, 0.2) is 12.6 Å². The molecule has 1 rings (SSSR count). The number of hydrogen-bond acceptors (Lipinski definition) is 4. The minimum Gasteiger partial charge on any atom is -0.435 e. The Balaban J connectivity index is 0.00000361. The van der Waals surface area contributed by atoms with E-state index in [1.807, 2.05) is 0 Å². The lowest BCUT2D eigenvalue weighted by Crippen LogP contribution is -2.15. The van der Waals surface area contributed by atoms with Gasteiger partial charge in [-0.25, -0.2) is 13.6 Å². The second-order valence-electron chi connectivity index (χ2n) is 3.62. The summed E-state index contributed by atoms with van der Waals surface area (Å²) in [4.78, 5) is 22.9.